The summed E-state index contributed by atoms with van der Waals surface area (Å²) in [6, 6.07) is 13.6. The number of amides is 1. The van der Waals surface area contributed by atoms with Crippen molar-refractivity contribution >= 4 is 5.91 Å². The highest BCUT2D eigenvalue weighted by molar-refractivity contribution is 5.92. The first kappa shape index (κ1) is 15.6. The number of halogens is 1. The Hall–Kier alpha value is -2.24. The van der Waals surface area contributed by atoms with Crippen molar-refractivity contribution in [3.8, 4) is 0 Å². The lowest BCUT2D eigenvalue weighted by Gasteiger charge is -2.24. The van der Waals surface area contributed by atoms with Crippen molar-refractivity contribution in [1.29, 1.82) is 0 Å². The van der Waals surface area contributed by atoms with E-state index in [0.717, 1.165) is 11.1 Å². The lowest BCUT2D eigenvalue weighted by atomic mass is 10.0. The highest BCUT2D eigenvalue weighted by Gasteiger charge is 2.31. The smallest absolute Gasteiger partial charge is 0.248 e. The Kier molecular flexibility index (Phi) is 4.41. The number of hydrogen-bond donors (Lipinski definition) is 2. The second-order valence-electron chi connectivity index (χ2n) is 5.95. The lowest BCUT2D eigenvalue weighted by Crippen LogP contribution is -2.24. The molecule has 4 nitrogen and oxygen atoms in total. The maximum Gasteiger partial charge on any atom is 0.248 e. The molecule has 0 saturated carbocycles. The molecular formula is C18H19FN2O2. The van der Waals surface area contributed by atoms with Crippen LogP contribution in [0.15, 0.2) is 48.5 Å². The average Bonchev–Trinajstić information content (AvgIpc) is 2.89. The van der Waals surface area contributed by atoms with Gasteiger partial charge < -0.3 is 10.8 Å². The first-order chi connectivity index (χ1) is 11.0. The molecule has 1 aliphatic rings. The molecule has 1 fully saturated rings. The van der Waals surface area contributed by atoms with Crippen molar-refractivity contribution in [1.82, 2.24) is 4.90 Å². The van der Waals surface area contributed by atoms with Crippen LogP contribution in [0.25, 0.3) is 0 Å². The molecule has 0 spiro atoms. The van der Waals surface area contributed by atoms with E-state index in [1.165, 1.54) is 12.1 Å². The summed E-state index contributed by atoms with van der Waals surface area (Å²) in [6.07, 6.45) is 0.236. The standard InChI is InChI=1S/C18H19FN2O2/c19-15-7-5-13(6-8-15)17-9-16(22)11-21(17)10-12-1-3-14(4-2-12)18(20)23/h1-8,16-17,22H,9-11H2,(H2,20,23)/t16-,17-/m1/s1. The van der Waals surface area contributed by atoms with Gasteiger partial charge in [0.15, 0.2) is 0 Å². The van der Waals surface area contributed by atoms with Crippen LogP contribution in [0.3, 0.4) is 0 Å². The summed E-state index contributed by atoms with van der Waals surface area (Å²) in [5, 5.41) is 10.0. The molecule has 2 aromatic rings. The number of nitrogens with two attached hydrogens (primary N) is 1. The van der Waals surface area contributed by atoms with E-state index in [9.17, 15) is 14.3 Å². The Morgan fingerprint density at radius 1 is 1.17 bits per heavy atom. The van der Waals surface area contributed by atoms with Crippen LogP contribution in [0.5, 0.6) is 0 Å². The van der Waals surface area contributed by atoms with Gasteiger partial charge in [0.2, 0.25) is 5.91 Å². The van der Waals surface area contributed by atoms with Gasteiger partial charge in [-0.3, -0.25) is 9.69 Å². The van der Waals surface area contributed by atoms with Gasteiger partial charge in [-0.2, -0.15) is 0 Å². The average molecular weight is 314 g/mol. The van der Waals surface area contributed by atoms with Crippen LogP contribution in [0.2, 0.25) is 0 Å². The van der Waals surface area contributed by atoms with E-state index in [4.69, 9.17) is 5.73 Å². The molecule has 1 saturated heterocycles. The second-order valence-corrected chi connectivity index (χ2v) is 5.95. The second kappa shape index (κ2) is 6.48. The Balaban J connectivity index is 1.77. The lowest BCUT2D eigenvalue weighted by molar-refractivity contribution is 0.1000. The van der Waals surface area contributed by atoms with E-state index in [-0.39, 0.29) is 11.9 Å². The molecule has 23 heavy (non-hydrogen) atoms. The summed E-state index contributed by atoms with van der Waals surface area (Å²) in [4.78, 5) is 13.3. The summed E-state index contributed by atoms with van der Waals surface area (Å²) in [6.45, 7) is 1.22. The molecule has 3 N–H and O–H groups in total. The summed E-state index contributed by atoms with van der Waals surface area (Å²) in [5.41, 5.74) is 7.76. The normalized spacial score (nSPS) is 21.5. The van der Waals surface area contributed by atoms with E-state index in [2.05, 4.69) is 4.90 Å². The third-order valence-corrected chi connectivity index (χ3v) is 4.26. The number of carbonyl (C=O) groups excluding carboxylic acids is 1. The minimum absolute atomic E-state index is 0.0569. The zero-order chi connectivity index (χ0) is 16.4. The van der Waals surface area contributed by atoms with Crippen LogP contribution in [-0.4, -0.2) is 28.6 Å². The van der Waals surface area contributed by atoms with Crippen LogP contribution in [-0.2, 0) is 6.54 Å². The van der Waals surface area contributed by atoms with E-state index in [1.54, 1.807) is 24.3 Å². The van der Waals surface area contributed by atoms with Crippen molar-refractivity contribution in [3.05, 3.63) is 71.0 Å². The van der Waals surface area contributed by atoms with Crippen LogP contribution in [0.1, 0.15) is 33.9 Å². The summed E-state index contributed by atoms with van der Waals surface area (Å²) in [7, 11) is 0. The van der Waals surface area contributed by atoms with Gasteiger partial charge in [-0.15, -0.1) is 0 Å². The maximum absolute atomic E-state index is 13.1. The van der Waals surface area contributed by atoms with Crippen molar-refractivity contribution in [3.63, 3.8) is 0 Å². The largest absolute Gasteiger partial charge is 0.392 e. The quantitative estimate of drug-likeness (QED) is 0.909. The van der Waals surface area contributed by atoms with Crippen molar-refractivity contribution in [2.45, 2.75) is 25.1 Å². The number of nitrogens with zero attached hydrogens (tertiary/aromatic N) is 1. The highest BCUT2D eigenvalue weighted by Crippen LogP contribution is 2.33. The van der Waals surface area contributed by atoms with Crippen LogP contribution in [0.4, 0.5) is 4.39 Å². The number of likely N-dealkylation sites (tertiary alicyclic amines) is 1. The van der Waals surface area contributed by atoms with E-state index in [0.29, 0.717) is 25.1 Å². The first-order valence-corrected chi connectivity index (χ1v) is 7.59. The first-order valence-electron chi connectivity index (χ1n) is 7.59. The third-order valence-electron chi connectivity index (χ3n) is 4.26. The number of hydrogen-bond acceptors (Lipinski definition) is 3. The van der Waals surface area contributed by atoms with Gasteiger partial charge in [-0.05, 0) is 41.8 Å². The topological polar surface area (TPSA) is 66.6 Å². The van der Waals surface area contributed by atoms with Gasteiger partial charge in [0.25, 0.3) is 0 Å². The predicted molar refractivity (Wildman–Crippen MR) is 85.1 cm³/mol. The predicted octanol–water partition coefficient (Wildman–Crippen LogP) is 2.23. The van der Waals surface area contributed by atoms with Crippen molar-refractivity contribution in [2.24, 2.45) is 5.73 Å². The Morgan fingerprint density at radius 3 is 2.43 bits per heavy atom. The van der Waals surface area contributed by atoms with Gasteiger partial charge in [-0.1, -0.05) is 24.3 Å². The molecule has 0 bridgehead atoms. The van der Waals surface area contributed by atoms with Crippen molar-refractivity contribution < 1.29 is 14.3 Å². The number of primary amides is 1. The minimum atomic E-state index is -0.447. The molecule has 1 aliphatic heterocycles. The van der Waals surface area contributed by atoms with Crippen LogP contribution in [0, 0.1) is 5.82 Å². The molecule has 2 aromatic carbocycles. The van der Waals surface area contributed by atoms with Gasteiger partial charge in [0.1, 0.15) is 5.82 Å². The van der Waals surface area contributed by atoms with Gasteiger partial charge >= 0.3 is 0 Å². The van der Waals surface area contributed by atoms with Crippen LogP contribution >= 0.6 is 0 Å². The fraction of sp³-hybridized carbons (Fsp3) is 0.278. The molecule has 1 amide bonds. The number of benzene rings is 2. The molecule has 0 aromatic heterocycles. The monoisotopic (exact) mass is 314 g/mol. The maximum atomic E-state index is 13.1. The van der Waals surface area contributed by atoms with E-state index in [1.807, 2.05) is 12.1 Å². The zero-order valence-electron chi connectivity index (χ0n) is 12.7. The van der Waals surface area contributed by atoms with E-state index >= 15 is 0 Å². The number of carbonyl (C=O) groups is 1. The molecule has 120 valence electrons. The molecule has 0 unspecified atom stereocenters. The Bertz CT molecular complexity index is 685. The molecule has 3 rings (SSSR count). The number of aliphatic hydroxyl groups is 1. The summed E-state index contributed by atoms with van der Waals surface area (Å²) >= 11 is 0. The molecule has 5 heteroatoms. The minimum Gasteiger partial charge on any atom is -0.392 e. The highest BCUT2D eigenvalue weighted by atomic mass is 19.1. The molecule has 2 atom stereocenters. The number of aliphatic hydroxyl groups excluding tert-OH is 1. The fourth-order valence-electron chi connectivity index (χ4n) is 3.09. The van der Waals surface area contributed by atoms with Gasteiger partial charge in [-0.25, -0.2) is 4.39 Å². The molecule has 0 radical (unpaired) electrons. The zero-order valence-corrected chi connectivity index (χ0v) is 12.7. The number of rotatable bonds is 4. The van der Waals surface area contributed by atoms with Crippen LogP contribution < -0.4 is 5.73 Å². The van der Waals surface area contributed by atoms with Gasteiger partial charge in [0.05, 0.1) is 6.10 Å². The van der Waals surface area contributed by atoms with Gasteiger partial charge in [0, 0.05) is 24.7 Å². The Morgan fingerprint density at radius 2 is 1.83 bits per heavy atom. The molecule has 0 aliphatic carbocycles. The fourth-order valence-corrected chi connectivity index (χ4v) is 3.09. The molecule has 1 heterocycles. The Labute approximate surface area is 134 Å². The van der Waals surface area contributed by atoms with Crippen molar-refractivity contribution in [2.75, 3.05) is 6.54 Å². The summed E-state index contributed by atoms with van der Waals surface area (Å²) < 4.78 is 13.1. The SMILES string of the molecule is NC(=O)c1ccc(CN2C[C@H](O)C[C@@H]2c2ccc(F)cc2)cc1. The molecular weight excluding hydrogens is 295 g/mol. The number of β-amino-alcohol motifs (C(OH)–C–C–N with tert-alkyl or cyclic N) is 1. The summed E-state index contributed by atoms with van der Waals surface area (Å²) in [5.74, 6) is -0.710. The third kappa shape index (κ3) is 3.57. The van der Waals surface area contributed by atoms with E-state index < -0.39 is 12.0 Å².